The second-order valence-electron chi connectivity index (χ2n) is 5.51. The molecule has 1 N–H and O–H groups in total. The number of aromatic nitrogens is 4. The average molecular weight is 349 g/mol. The molecule has 6 heteroatoms. The van der Waals surface area contributed by atoms with E-state index >= 15 is 0 Å². The van der Waals surface area contributed by atoms with Gasteiger partial charge in [-0.3, -0.25) is 0 Å². The Balaban J connectivity index is 1.79. The van der Waals surface area contributed by atoms with Crippen LogP contribution in [0.3, 0.4) is 0 Å². The third kappa shape index (κ3) is 2.94. The molecule has 123 valence electrons. The van der Waals surface area contributed by atoms with Crippen LogP contribution in [0.15, 0.2) is 55.0 Å². The van der Waals surface area contributed by atoms with Crippen molar-refractivity contribution in [3.05, 3.63) is 66.2 Å². The van der Waals surface area contributed by atoms with Gasteiger partial charge in [0.25, 0.3) is 0 Å². The number of hydrogen-bond acceptors (Lipinski definition) is 4. The highest BCUT2D eigenvalue weighted by molar-refractivity contribution is 6.34. The van der Waals surface area contributed by atoms with Gasteiger partial charge in [-0.15, -0.1) is 0 Å². The van der Waals surface area contributed by atoms with E-state index in [2.05, 4.69) is 44.0 Å². The van der Waals surface area contributed by atoms with Gasteiger partial charge in [-0.2, -0.15) is 0 Å². The molecular weight excluding hydrogens is 334 g/mol. The zero-order valence-corrected chi connectivity index (χ0v) is 14.3. The largest absolute Gasteiger partial charge is 0.345 e. The maximum atomic E-state index is 6.30. The van der Waals surface area contributed by atoms with Crippen LogP contribution in [0.4, 0.5) is 11.6 Å². The van der Waals surface area contributed by atoms with E-state index in [9.17, 15) is 0 Å². The van der Waals surface area contributed by atoms with E-state index in [1.54, 1.807) is 12.4 Å². The minimum absolute atomic E-state index is 0.499. The number of fused-ring (bicyclic) bond motifs is 1. The van der Waals surface area contributed by atoms with Crippen molar-refractivity contribution in [1.29, 1.82) is 0 Å². The molecule has 0 aliphatic carbocycles. The van der Waals surface area contributed by atoms with Crippen molar-refractivity contribution in [3.63, 3.8) is 0 Å². The summed E-state index contributed by atoms with van der Waals surface area (Å²) in [6, 6.07) is 14.4. The van der Waals surface area contributed by atoms with E-state index in [0.29, 0.717) is 11.1 Å². The molecule has 0 aliphatic heterocycles. The average Bonchev–Trinajstić information content (AvgIpc) is 3.03. The molecule has 3 heterocycles. The van der Waals surface area contributed by atoms with Crippen LogP contribution in [0.1, 0.15) is 6.92 Å². The minimum atomic E-state index is 0.499. The molecule has 0 fully saturated rings. The number of halogens is 1. The molecule has 0 bridgehead atoms. The van der Waals surface area contributed by atoms with E-state index in [-0.39, 0.29) is 0 Å². The van der Waals surface area contributed by atoms with Crippen molar-refractivity contribution in [1.82, 2.24) is 19.5 Å². The van der Waals surface area contributed by atoms with Crippen LogP contribution in [0.25, 0.3) is 22.2 Å². The molecule has 25 heavy (non-hydrogen) atoms. The Labute approximate surface area is 150 Å². The van der Waals surface area contributed by atoms with Gasteiger partial charge in [0.1, 0.15) is 0 Å². The first-order chi connectivity index (χ1) is 12.3. The molecule has 0 amide bonds. The fourth-order valence-corrected chi connectivity index (χ4v) is 3.10. The fourth-order valence-electron chi connectivity index (χ4n) is 2.83. The van der Waals surface area contributed by atoms with Gasteiger partial charge in [0.05, 0.1) is 11.2 Å². The molecule has 0 saturated carbocycles. The Hall–Kier alpha value is -2.92. The molecule has 0 spiro atoms. The third-order valence-corrected chi connectivity index (χ3v) is 4.27. The monoisotopic (exact) mass is 348 g/mol. The molecule has 0 unspecified atom stereocenters. The SMILES string of the molecule is CCn1cc(-c2ccnc(Nc3cc[c]cc3)n2)c2ccnc(Cl)c21. The first kappa shape index (κ1) is 15.6. The second-order valence-corrected chi connectivity index (χ2v) is 5.86. The van der Waals surface area contributed by atoms with Gasteiger partial charge < -0.3 is 9.88 Å². The van der Waals surface area contributed by atoms with Gasteiger partial charge in [-0.25, -0.2) is 15.0 Å². The number of nitrogens with zero attached hydrogens (tertiary/aromatic N) is 4. The standard InChI is InChI=1S/C19H15ClN5/c1-2-25-12-15(14-8-10-21-18(20)17(14)25)16-9-11-22-19(24-16)23-13-6-4-3-5-7-13/h4-12H,2H2,1H3,(H,22,23,24). The van der Waals surface area contributed by atoms with E-state index in [1.807, 2.05) is 36.4 Å². The highest BCUT2D eigenvalue weighted by Gasteiger charge is 2.14. The van der Waals surface area contributed by atoms with Crippen LogP contribution in [0.2, 0.25) is 5.15 Å². The van der Waals surface area contributed by atoms with E-state index < -0.39 is 0 Å². The molecule has 1 radical (unpaired) electrons. The normalized spacial score (nSPS) is 11.0. The zero-order valence-electron chi connectivity index (χ0n) is 13.6. The second kappa shape index (κ2) is 6.53. The number of aryl methyl sites for hydroxylation is 1. The molecule has 0 saturated heterocycles. The summed E-state index contributed by atoms with van der Waals surface area (Å²) in [5, 5.41) is 4.73. The van der Waals surface area contributed by atoms with Crippen molar-refractivity contribution in [2.75, 3.05) is 5.32 Å². The smallest absolute Gasteiger partial charge is 0.227 e. The number of benzene rings is 1. The summed E-state index contributed by atoms with van der Waals surface area (Å²) in [6.45, 7) is 2.88. The predicted molar refractivity (Wildman–Crippen MR) is 100 cm³/mol. The lowest BCUT2D eigenvalue weighted by Crippen LogP contribution is -1.97. The van der Waals surface area contributed by atoms with Crippen molar-refractivity contribution in [2.24, 2.45) is 0 Å². The molecule has 3 aromatic heterocycles. The van der Waals surface area contributed by atoms with Gasteiger partial charge in [0.15, 0.2) is 5.15 Å². The van der Waals surface area contributed by atoms with Gasteiger partial charge in [-0.05, 0) is 37.3 Å². The molecule has 4 aromatic rings. The number of rotatable bonds is 4. The summed E-state index contributed by atoms with van der Waals surface area (Å²) >= 11 is 6.30. The summed E-state index contributed by atoms with van der Waals surface area (Å²) in [5.74, 6) is 0.543. The highest BCUT2D eigenvalue weighted by atomic mass is 35.5. The van der Waals surface area contributed by atoms with Crippen LogP contribution in [0, 0.1) is 6.07 Å². The van der Waals surface area contributed by atoms with Crippen molar-refractivity contribution in [3.8, 4) is 11.3 Å². The van der Waals surface area contributed by atoms with Gasteiger partial charge in [0, 0.05) is 41.8 Å². The summed E-state index contributed by atoms with van der Waals surface area (Å²) in [4.78, 5) is 13.2. The third-order valence-electron chi connectivity index (χ3n) is 3.99. The maximum absolute atomic E-state index is 6.30. The Bertz CT molecular complexity index is 1030. The minimum Gasteiger partial charge on any atom is -0.345 e. The van der Waals surface area contributed by atoms with Crippen molar-refractivity contribution >= 4 is 34.1 Å². The Kier molecular flexibility index (Phi) is 4.07. The number of nitrogens with one attached hydrogen (secondary N) is 1. The predicted octanol–water partition coefficient (Wildman–Crippen LogP) is 4.71. The van der Waals surface area contributed by atoms with E-state index in [1.165, 1.54) is 0 Å². The lowest BCUT2D eigenvalue weighted by atomic mass is 10.1. The first-order valence-corrected chi connectivity index (χ1v) is 8.34. The molecule has 5 nitrogen and oxygen atoms in total. The number of anilines is 2. The molecule has 1 aromatic carbocycles. The summed E-state index contributed by atoms with van der Waals surface area (Å²) < 4.78 is 2.09. The molecule has 4 rings (SSSR count). The fraction of sp³-hybridized carbons (Fsp3) is 0.105. The van der Waals surface area contributed by atoms with Gasteiger partial charge in [-0.1, -0.05) is 23.7 Å². The van der Waals surface area contributed by atoms with Crippen LogP contribution in [-0.4, -0.2) is 19.5 Å². The quantitative estimate of drug-likeness (QED) is 0.543. The maximum Gasteiger partial charge on any atom is 0.227 e. The van der Waals surface area contributed by atoms with Crippen LogP contribution < -0.4 is 5.32 Å². The lowest BCUT2D eigenvalue weighted by Gasteiger charge is -2.06. The highest BCUT2D eigenvalue weighted by Crippen LogP contribution is 2.32. The van der Waals surface area contributed by atoms with Crippen molar-refractivity contribution in [2.45, 2.75) is 13.5 Å². The number of hydrogen-bond donors (Lipinski definition) is 1. The van der Waals surface area contributed by atoms with Crippen LogP contribution >= 0.6 is 11.6 Å². The number of pyridine rings is 1. The van der Waals surface area contributed by atoms with E-state index in [4.69, 9.17) is 11.6 Å². The molecule has 0 atom stereocenters. The summed E-state index contributed by atoms with van der Waals surface area (Å²) in [7, 11) is 0. The Morgan fingerprint density at radius 2 is 1.92 bits per heavy atom. The summed E-state index contributed by atoms with van der Waals surface area (Å²) in [5.41, 5.74) is 3.68. The van der Waals surface area contributed by atoms with Crippen molar-refractivity contribution < 1.29 is 0 Å². The topological polar surface area (TPSA) is 55.6 Å². The van der Waals surface area contributed by atoms with E-state index in [0.717, 1.165) is 34.4 Å². The zero-order chi connectivity index (χ0) is 17.2. The Morgan fingerprint density at radius 1 is 1.12 bits per heavy atom. The van der Waals surface area contributed by atoms with Gasteiger partial charge >= 0.3 is 0 Å². The lowest BCUT2D eigenvalue weighted by molar-refractivity contribution is 0.796. The van der Waals surface area contributed by atoms with Crippen LogP contribution in [-0.2, 0) is 6.54 Å². The summed E-state index contributed by atoms with van der Waals surface area (Å²) in [6.07, 6.45) is 5.52. The molecule has 0 aliphatic rings. The van der Waals surface area contributed by atoms with Crippen LogP contribution in [0.5, 0.6) is 0 Å². The molecular formula is C19H15ClN5. The van der Waals surface area contributed by atoms with Gasteiger partial charge in [0.2, 0.25) is 5.95 Å². The Morgan fingerprint density at radius 3 is 2.72 bits per heavy atom. The first-order valence-electron chi connectivity index (χ1n) is 7.96.